The predicted molar refractivity (Wildman–Crippen MR) is 107 cm³/mol. The number of aliphatic hydroxyl groups excluding tert-OH is 1. The predicted octanol–water partition coefficient (Wildman–Crippen LogP) is -1.65. The second kappa shape index (κ2) is 9.85. The number of hydrogen-bond donors (Lipinski definition) is 7. The highest BCUT2D eigenvalue weighted by Gasteiger charge is 2.31. The molecule has 4 atom stereocenters. The minimum Gasteiger partial charge on any atom is -0.480 e. The molecular formula is C19H25N5O6. The van der Waals surface area contributed by atoms with Gasteiger partial charge in [-0.15, -0.1) is 0 Å². The zero-order valence-corrected chi connectivity index (χ0v) is 16.3. The summed E-state index contributed by atoms with van der Waals surface area (Å²) in [5, 5.41) is 24.3. The van der Waals surface area contributed by atoms with E-state index in [1.807, 2.05) is 24.3 Å². The SMILES string of the molecule is CC(O)C(NC(=O)C(N)Cc1c[nH]c2ccccc12)C(=O)NC(CC(N)=O)C(=O)O. The van der Waals surface area contributed by atoms with E-state index < -0.39 is 54.3 Å². The number of carbonyl (C=O) groups is 4. The Morgan fingerprint density at radius 2 is 1.80 bits per heavy atom. The highest BCUT2D eigenvalue weighted by molar-refractivity contribution is 5.94. The average molecular weight is 419 g/mol. The van der Waals surface area contributed by atoms with Gasteiger partial charge in [-0.3, -0.25) is 14.4 Å². The van der Waals surface area contributed by atoms with Crippen LogP contribution in [0.1, 0.15) is 18.9 Å². The van der Waals surface area contributed by atoms with Crippen LogP contribution in [0.2, 0.25) is 0 Å². The third kappa shape index (κ3) is 5.78. The van der Waals surface area contributed by atoms with Crippen LogP contribution in [0.25, 0.3) is 10.9 Å². The zero-order valence-electron chi connectivity index (χ0n) is 16.3. The first kappa shape index (κ1) is 22.8. The normalized spacial score (nSPS) is 15.0. The Hall–Kier alpha value is -3.44. The number of amides is 3. The number of fused-ring (bicyclic) bond motifs is 1. The molecule has 0 radical (unpaired) electrons. The van der Waals surface area contributed by atoms with E-state index in [0.717, 1.165) is 16.5 Å². The summed E-state index contributed by atoms with van der Waals surface area (Å²) in [7, 11) is 0. The molecule has 0 bridgehead atoms. The fourth-order valence-electron chi connectivity index (χ4n) is 2.96. The lowest BCUT2D eigenvalue weighted by molar-refractivity contribution is -0.144. The maximum absolute atomic E-state index is 12.5. The molecule has 1 aromatic carbocycles. The third-order valence-electron chi connectivity index (χ3n) is 4.53. The molecule has 162 valence electrons. The Balaban J connectivity index is 2.05. The van der Waals surface area contributed by atoms with Crippen molar-refractivity contribution in [2.45, 2.75) is 44.0 Å². The number of aromatic nitrogens is 1. The fourth-order valence-corrected chi connectivity index (χ4v) is 2.96. The van der Waals surface area contributed by atoms with Gasteiger partial charge in [0.15, 0.2) is 0 Å². The van der Waals surface area contributed by atoms with Crippen LogP contribution < -0.4 is 22.1 Å². The highest BCUT2D eigenvalue weighted by Crippen LogP contribution is 2.18. The number of aliphatic carboxylic acids is 1. The van der Waals surface area contributed by atoms with Crippen LogP contribution in [-0.2, 0) is 25.6 Å². The van der Waals surface area contributed by atoms with Gasteiger partial charge < -0.3 is 37.3 Å². The number of rotatable bonds is 10. The largest absolute Gasteiger partial charge is 0.480 e. The van der Waals surface area contributed by atoms with Gasteiger partial charge in [-0.2, -0.15) is 0 Å². The van der Waals surface area contributed by atoms with Gasteiger partial charge in [-0.1, -0.05) is 18.2 Å². The van der Waals surface area contributed by atoms with Crippen LogP contribution in [0, 0.1) is 0 Å². The number of nitrogens with one attached hydrogen (secondary N) is 3. The molecule has 0 aliphatic carbocycles. The smallest absolute Gasteiger partial charge is 0.326 e. The Morgan fingerprint density at radius 3 is 2.40 bits per heavy atom. The molecule has 4 unspecified atom stereocenters. The first-order valence-corrected chi connectivity index (χ1v) is 9.20. The molecule has 2 rings (SSSR count). The van der Waals surface area contributed by atoms with E-state index >= 15 is 0 Å². The maximum Gasteiger partial charge on any atom is 0.326 e. The summed E-state index contributed by atoms with van der Waals surface area (Å²) < 4.78 is 0. The minimum atomic E-state index is -1.59. The lowest BCUT2D eigenvalue weighted by Crippen LogP contribution is -2.58. The van der Waals surface area contributed by atoms with Gasteiger partial charge >= 0.3 is 5.97 Å². The maximum atomic E-state index is 12.5. The summed E-state index contributed by atoms with van der Waals surface area (Å²) >= 11 is 0. The summed E-state index contributed by atoms with van der Waals surface area (Å²) in [5.74, 6) is -4.09. The number of primary amides is 1. The van der Waals surface area contributed by atoms with Crippen LogP contribution in [0.15, 0.2) is 30.5 Å². The molecule has 3 amide bonds. The van der Waals surface area contributed by atoms with E-state index in [-0.39, 0.29) is 6.42 Å². The quantitative estimate of drug-likeness (QED) is 0.239. The highest BCUT2D eigenvalue weighted by atomic mass is 16.4. The van der Waals surface area contributed by atoms with Crippen molar-refractivity contribution < 1.29 is 29.4 Å². The second-order valence-corrected chi connectivity index (χ2v) is 6.97. The summed E-state index contributed by atoms with van der Waals surface area (Å²) in [6, 6.07) is 3.38. The van der Waals surface area contributed by atoms with Crippen LogP contribution in [0.5, 0.6) is 0 Å². The van der Waals surface area contributed by atoms with E-state index in [4.69, 9.17) is 16.6 Å². The number of benzene rings is 1. The van der Waals surface area contributed by atoms with Gasteiger partial charge in [0.2, 0.25) is 17.7 Å². The van der Waals surface area contributed by atoms with Crippen LogP contribution in [0.3, 0.4) is 0 Å². The molecule has 0 fully saturated rings. The van der Waals surface area contributed by atoms with Gasteiger partial charge in [-0.25, -0.2) is 4.79 Å². The number of aromatic amines is 1. The van der Waals surface area contributed by atoms with Gasteiger partial charge in [0.05, 0.1) is 18.6 Å². The molecule has 1 aromatic heterocycles. The molecule has 0 spiro atoms. The molecule has 1 heterocycles. The lowest BCUT2D eigenvalue weighted by atomic mass is 10.0. The Morgan fingerprint density at radius 1 is 1.13 bits per heavy atom. The molecule has 2 aromatic rings. The van der Waals surface area contributed by atoms with Gasteiger partial charge in [0, 0.05) is 17.1 Å². The van der Waals surface area contributed by atoms with Crippen molar-refractivity contribution in [1.29, 1.82) is 0 Å². The average Bonchev–Trinajstić information content (AvgIpc) is 3.07. The number of carboxylic acids is 1. The molecule has 0 saturated heterocycles. The molecule has 0 aliphatic rings. The van der Waals surface area contributed by atoms with Crippen LogP contribution in [0.4, 0.5) is 0 Å². The van der Waals surface area contributed by atoms with Crippen LogP contribution in [-0.4, -0.2) is 63.1 Å². The van der Waals surface area contributed by atoms with Crippen molar-refractivity contribution in [2.24, 2.45) is 11.5 Å². The number of para-hydroxylation sites is 1. The standard InChI is InChI=1S/C19H25N5O6/c1-9(25)16(18(28)23-14(19(29)30)7-15(21)26)24-17(27)12(20)6-10-8-22-13-5-3-2-4-11(10)13/h2-5,8-9,12,14,16,22,25H,6-7,20H2,1H3,(H2,21,26)(H,23,28)(H,24,27)(H,29,30). The van der Waals surface area contributed by atoms with Crippen molar-refractivity contribution in [3.8, 4) is 0 Å². The third-order valence-corrected chi connectivity index (χ3v) is 4.53. The number of aliphatic hydroxyl groups is 1. The van der Waals surface area contributed by atoms with Crippen molar-refractivity contribution in [3.63, 3.8) is 0 Å². The molecule has 9 N–H and O–H groups in total. The van der Waals surface area contributed by atoms with E-state index in [2.05, 4.69) is 15.6 Å². The summed E-state index contributed by atoms with van der Waals surface area (Å²) in [4.78, 5) is 50.1. The Bertz CT molecular complexity index is 940. The van der Waals surface area contributed by atoms with E-state index in [9.17, 15) is 24.3 Å². The number of H-pyrrole nitrogens is 1. The zero-order chi connectivity index (χ0) is 22.4. The number of nitrogens with two attached hydrogens (primary N) is 2. The van der Waals surface area contributed by atoms with Crippen LogP contribution >= 0.6 is 0 Å². The first-order chi connectivity index (χ1) is 14.1. The number of carbonyl (C=O) groups excluding carboxylic acids is 3. The van der Waals surface area contributed by atoms with E-state index in [0.29, 0.717) is 0 Å². The summed E-state index contributed by atoms with van der Waals surface area (Å²) in [6.45, 7) is 1.25. The van der Waals surface area contributed by atoms with E-state index in [1.54, 1.807) is 6.20 Å². The first-order valence-electron chi connectivity index (χ1n) is 9.20. The van der Waals surface area contributed by atoms with Gasteiger partial charge in [0.25, 0.3) is 0 Å². The molecular weight excluding hydrogens is 394 g/mol. The Labute approximate surface area is 171 Å². The molecule has 11 nitrogen and oxygen atoms in total. The lowest BCUT2D eigenvalue weighted by Gasteiger charge is -2.24. The van der Waals surface area contributed by atoms with E-state index in [1.165, 1.54) is 6.92 Å². The van der Waals surface area contributed by atoms with Crippen molar-refractivity contribution in [3.05, 3.63) is 36.0 Å². The Kier molecular flexibility index (Phi) is 7.50. The topological polar surface area (TPSA) is 201 Å². The summed E-state index contributed by atoms with van der Waals surface area (Å²) in [5.41, 5.74) is 12.6. The number of hydrogen-bond acceptors (Lipinski definition) is 6. The second-order valence-electron chi connectivity index (χ2n) is 6.97. The summed E-state index contributed by atoms with van der Waals surface area (Å²) in [6.07, 6.45) is -0.0829. The molecule has 0 saturated carbocycles. The number of carboxylic acid groups (broad SMARTS) is 1. The van der Waals surface area contributed by atoms with Gasteiger partial charge in [-0.05, 0) is 25.0 Å². The van der Waals surface area contributed by atoms with Gasteiger partial charge in [0.1, 0.15) is 12.1 Å². The van der Waals surface area contributed by atoms with Crippen molar-refractivity contribution in [2.75, 3.05) is 0 Å². The molecule has 0 aliphatic heterocycles. The molecule has 11 heteroatoms. The van der Waals surface area contributed by atoms with Crippen molar-refractivity contribution >= 4 is 34.6 Å². The van der Waals surface area contributed by atoms with Crippen molar-refractivity contribution in [1.82, 2.24) is 15.6 Å². The molecule has 30 heavy (non-hydrogen) atoms. The monoisotopic (exact) mass is 419 g/mol. The minimum absolute atomic E-state index is 0.170. The fraction of sp³-hybridized carbons (Fsp3) is 0.368.